The third-order valence-electron chi connectivity index (χ3n) is 6.22. The number of hydrogen-bond donors (Lipinski definition) is 2. The van der Waals surface area contributed by atoms with Crippen molar-refractivity contribution in [3.05, 3.63) is 95.3 Å². The highest BCUT2D eigenvalue weighted by atomic mass is 16.5. The fourth-order valence-corrected chi connectivity index (χ4v) is 4.10. The molecule has 1 amide bonds. The quantitative estimate of drug-likeness (QED) is 0.320. The molecule has 9 nitrogen and oxygen atoms in total. The Balaban J connectivity index is 1.27. The second kappa shape index (κ2) is 12.3. The number of aryl methyl sites for hydroxylation is 1. The second-order valence-corrected chi connectivity index (χ2v) is 9.00. The van der Waals surface area contributed by atoms with Crippen molar-refractivity contribution in [2.75, 3.05) is 13.6 Å². The molecule has 0 radical (unpaired) electrons. The second-order valence-electron chi connectivity index (χ2n) is 9.00. The molecular weight excluding hydrogens is 468 g/mol. The molecule has 2 N–H and O–H groups in total. The van der Waals surface area contributed by atoms with E-state index in [1.165, 1.54) is 0 Å². The number of aliphatic hydroxyl groups is 1. The highest BCUT2D eigenvalue weighted by molar-refractivity contribution is 5.94. The molecule has 0 aliphatic heterocycles. The molecule has 2 atom stereocenters. The number of nitrogens with zero attached hydrogens (tertiary/aromatic N) is 5. The number of nitrogens with one attached hydrogen (secondary N) is 1. The Kier molecular flexibility index (Phi) is 8.71. The van der Waals surface area contributed by atoms with Crippen molar-refractivity contribution < 1.29 is 14.4 Å². The topological polar surface area (TPSA) is 117 Å². The van der Waals surface area contributed by atoms with E-state index in [-0.39, 0.29) is 11.9 Å². The zero-order chi connectivity index (χ0) is 26.2. The molecule has 0 aliphatic carbocycles. The lowest BCUT2D eigenvalue weighted by atomic mass is 10.0. The number of pyridine rings is 2. The Morgan fingerprint density at radius 1 is 1.11 bits per heavy atom. The number of benzene rings is 1. The Morgan fingerprint density at radius 3 is 2.54 bits per heavy atom. The summed E-state index contributed by atoms with van der Waals surface area (Å²) in [5, 5.41) is 18.2. The van der Waals surface area contributed by atoms with Gasteiger partial charge in [-0.1, -0.05) is 36.3 Å². The molecule has 0 bridgehead atoms. The average Bonchev–Trinajstić information content (AvgIpc) is 3.37. The molecule has 9 heteroatoms. The highest BCUT2D eigenvalue weighted by Gasteiger charge is 2.20. The monoisotopic (exact) mass is 500 g/mol. The van der Waals surface area contributed by atoms with Crippen molar-refractivity contribution >= 4 is 5.91 Å². The van der Waals surface area contributed by atoms with Crippen molar-refractivity contribution in [1.82, 2.24) is 30.3 Å². The van der Waals surface area contributed by atoms with E-state index in [1.54, 1.807) is 43.5 Å². The Bertz CT molecular complexity index is 1280. The lowest BCUT2D eigenvalue weighted by Gasteiger charge is -2.23. The Morgan fingerprint density at radius 2 is 1.92 bits per heavy atom. The minimum atomic E-state index is -0.700. The molecule has 4 aromatic rings. The van der Waals surface area contributed by atoms with E-state index in [2.05, 4.69) is 25.4 Å². The van der Waals surface area contributed by atoms with E-state index in [1.807, 2.05) is 49.4 Å². The van der Waals surface area contributed by atoms with Gasteiger partial charge in [0, 0.05) is 56.3 Å². The first-order chi connectivity index (χ1) is 17.9. The molecule has 3 heterocycles. The summed E-state index contributed by atoms with van der Waals surface area (Å²) in [5.41, 5.74) is 4.07. The van der Waals surface area contributed by atoms with Crippen molar-refractivity contribution in [2.45, 2.75) is 45.4 Å². The Hall–Kier alpha value is -3.95. The van der Waals surface area contributed by atoms with Gasteiger partial charge in [-0.15, -0.1) is 0 Å². The summed E-state index contributed by atoms with van der Waals surface area (Å²) in [5.74, 6) is 0.874. The van der Waals surface area contributed by atoms with Gasteiger partial charge in [-0.05, 0) is 54.8 Å². The smallest absolute Gasteiger partial charge is 0.253 e. The number of carbonyl (C=O) groups excluding carboxylic acids is 1. The number of aliphatic hydroxyl groups excluding tert-OH is 1. The summed E-state index contributed by atoms with van der Waals surface area (Å²) in [6, 6.07) is 15.0. The number of aromatic nitrogens is 4. The molecule has 1 aromatic carbocycles. The Labute approximate surface area is 216 Å². The van der Waals surface area contributed by atoms with Crippen LogP contribution in [0.4, 0.5) is 0 Å². The van der Waals surface area contributed by atoms with Crippen LogP contribution < -0.4 is 5.32 Å². The molecule has 0 aliphatic rings. The number of hydrogen-bond acceptors (Lipinski definition) is 8. The summed E-state index contributed by atoms with van der Waals surface area (Å²) >= 11 is 0. The van der Waals surface area contributed by atoms with E-state index in [0.717, 1.165) is 29.5 Å². The van der Waals surface area contributed by atoms with Crippen molar-refractivity contribution in [2.24, 2.45) is 0 Å². The summed E-state index contributed by atoms with van der Waals surface area (Å²) in [4.78, 5) is 27.1. The van der Waals surface area contributed by atoms with Gasteiger partial charge in [0.05, 0.1) is 6.10 Å². The van der Waals surface area contributed by atoms with Gasteiger partial charge in [-0.25, -0.2) is 0 Å². The van der Waals surface area contributed by atoms with Crippen LogP contribution in [0.5, 0.6) is 0 Å². The predicted molar refractivity (Wildman–Crippen MR) is 139 cm³/mol. The van der Waals surface area contributed by atoms with Crippen LogP contribution in [0.2, 0.25) is 0 Å². The van der Waals surface area contributed by atoms with Crippen LogP contribution in [-0.4, -0.2) is 55.7 Å². The van der Waals surface area contributed by atoms with Crippen LogP contribution in [0.25, 0.3) is 11.5 Å². The highest BCUT2D eigenvalue weighted by Crippen LogP contribution is 2.21. The van der Waals surface area contributed by atoms with Crippen LogP contribution in [0, 0.1) is 6.92 Å². The maximum Gasteiger partial charge on any atom is 0.253 e. The van der Waals surface area contributed by atoms with Crippen LogP contribution in [-0.2, 0) is 13.0 Å². The fourth-order valence-electron chi connectivity index (χ4n) is 4.10. The van der Waals surface area contributed by atoms with Crippen LogP contribution >= 0.6 is 0 Å². The normalized spacial score (nSPS) is 12.8. The van der Waals surface area contributed by atoms with Gasteiger partial charge < -0.3 is 19.8 Å². The van der Waals surface area contributed by atoms with E-state index in [0.29, 0.717) is 36.1 Å². The van der Waals surface area contributed by atoms with Crippen molar-refractivity contribution in [3.63, 3.8) is 0 Å². The van der Waals surface area contributed by atoms with Crippen LogP contribution in [0.15, 0.2) is 71.6 Å². The largest absolute Gasteiger partial charge is 0.387 e. The zero-order valence-corrected chi connectivity index (χ0v) is 21.3. The molecule has 0 saturated carbocycles. The maximum atomic E-state index is 12.8. The van der Waals surface area contributed by atoms with E-state index < -0.39 is 6.10 Å². The molecule has 4 rings (SSSR count). The van der Waals surface area contributed by atoms with Gasteiger partial charge >= 0.3 is 0 Å². The van der Waals surface area contributed by atoms with E-state index >= 15 is 0 Å². The predicted octanol–water partition coefficient (Wildman–Crippen LogP) is 3.75. The fraction of sp³-hybridized carbons (Fsp3) is 0.321. The average molecular weight is 501 g/mol. The minimum absolute atomic E-state index is 0.0307. The molecule has 0 fully saturated rings. The first kappa shape index (κ1) is 26.1. The lowest BCUT2D eigenvalue weighted by molar-refractivity contribution is 0.0785. The van der Waals surface area contributed by atoms with Crippen LogP contribution in [0.3, 0.4) is 0 Å². The molecule has 0 saturated heterocycles. The first-order valence-electron chi connectivity index (χ1n) is 12.4. The van der Waals surface area contributed by atoms with Gasteiger partial charge in [-0.2, -0.15) is 4.98 Å². The number of rotatable bonds is 11. The molecule has 0 spiro atoms. The van der Waals surface area contributed by atoms with Crippen LogP contribution in [0.1, 0.15) is 52.4 Å². The third-order valence-corrected chi connectivity index (χ3v) is 6.22. The summed E-state index contributed by atoms with van der Waals surface area (Å²) in [7, 11) is 1.79. The summed E-state index contributed by atoms with van der Waals surface area (Å²) < 4.78 is 5.00. The number of amides is 1. The van der Waals surface area contributed by atoms with Crippen molar-refractivity contribution in [1.29, 1.82) is 0 Å². The molecule has 37 heavy (non-hydrogen) atoms. The van der Waals surface area contributed by atoms with Crippen molar-refractivity contribution in [3.8, 4) is 11.5 Å². The summed E-state index contributed by atoms with van der Waals surface area (Å²) in [6.07, 6.45) is 5.96. The summed E-state index contributed by atoms with van der Waals surface area (Å²) in [6.45, 7) is 4.96. The van der Waals surface area contributed by atoms with Gasteiger partial charge in [0.1, 0.15) is 5.69 Å². The van der Waals surface area contributed by atoms with E-state index in [9.17, 15) is 9.90 Å². The maximum absolute atomic E-state index is 12.8. The first-order valence-corrected chi connectivity index (χ1v) is 12.4. The van der Waals surface area contributed by atoms with Gasteiger partial charge in [0.2, 0.25) is 11.7 Å². The van der Waals surface area contributed by atoms with E-state index in [4.69, 9.17) is 4.52 Å². The van der Waals surface area contributed by atoms with Gasteiger partial charge in [0.25, 0.3) is 5.91 Å². The molecule has 2 unspecified atom stereocenters. The standard InChI is InChI=1S/C28H32N6O3/c1-4-24(26(35)23-11-12-25(31-17-23)27-32-19(2)37-33-27)30-15-13-20-7-9-22(10-8-20)28(36)34(3)18-21-6-5-14-29-16-21/h5-12,14,16-17,24,26,30,35H,4,13,15,18H2,1-3H3. The van der Waals surface area contributed by atoms with Gasteiger partial charge in [-0.3, -0.25) is 14.8 Å². The third kappa shape index (κ3) is 6.84. The zero-order valence-electron chi connectivity index (χ0n) is 21.3. The molecule has 3 aromatic heterocycles. The molecular formula is C28H32N6O3. The van der Waals surface area contributed by atoms with Gasteiger partial charge in [0.15, 0.2) is 0 Å². The molecule has 192 valence electrons. The SMILES string of the molecule is CCC(NCCc1ccc(C(=O)N(C)Cc2cccnc2)cc1)C(O)c1ccc(-c2noc(C)n2)nc1. The minimum Gasteiger partial charge on any atom is -0.387 e. The lowest BCUT2D eigenvalue weighted by Crippen LogP contribution is -2.35. The number of carbonyl (C=O) groups is 1.